The molecule has 5 nitrogen and oxygen atoms in total. The van der Waals surface area contributed by atoms with E-state index in [1.165, 1.54) is 0 Å². The van der Waals surface area contributed by atoms with Crippen molar-refractivity contribution in [2.24, 2.45) is 5.92 Å². The van der Waals surface area contributed by atoms with E-state index in [4.69, 9.17) is 9.84 Å². The molecular weight excluding hydrogens is 256 g/mol. The van der Waals surface area contributed by atoms with Crippen LogP contribution in [0.1, 0.15) is 40.0 Å². The molecule has 1 N–H and O–H groups in total. The third-order valence-electron chi connectivity index (χ3n) is 3.58. The monoisotopic (exact) mass is 286 g/mol. The van der Waals surface area contributed by atoms with Gasteiger partial charge in [-0.1, -0.05) is 0 Å². The lowest BCUT2D eigenvalue weighted by atomic mass is 9.96. The standard InChI is InChI=1S/C15H30N2O3/c1-15(2,3)20-14(19)16(4)12-13-6-9-17(10-7-13)8-5-11-18/h13,18H,5-12H2,1-4H3. The van der Waals surface area contributed by atoms with Crippen molar-refractivity contribution < 1.29 is 14.6 Å². The third kappa shape index (κ3) is 6.57. The summed E-state index contributed by atoms with van der Waals surface area (Å²) in [6.07, 6.45) is 2.83. The molecule has 0 aliphatic carbocycles. The molecule has 5 heteroatoms. The molecule has 1 aliphatic rings. The quantitative estimate of drug-likeness (QED) is 0.839. The first-order valence-corrected chi connectivity index (χ1v) is 7.59. The summed E-state index contributed by atoms with van der Waals surface area (Å²) < 4.78 is 5.36. The van der Waals surface area contributed by atoms with Gasteiger partial charge in [0.15, 0.2) is 0 Å². The Bertz CT molecular complexity index is 294. The molecular formula is C15H30N2O3. The fraction of sp³-hybridized carbons (Fsp3) is 0.933. The number of carbonyl (C=O) groups is 1. The molecule has 1 aliphatic heterocycles. The number of hydrogen-bond donors (Lipinski definition) is 1. The summed E-state index contributed by atoms with van der Waals surface area (Å²) in [4.78, 5) is 16.0. The molecule has 0 aromatic carbocycles. The smallest absolute Gasteiger partial charge is 0.410 e. The largest absolute Gasteiger partial charge is 0.444 e. The maximum Gasteiger partial charge on any atom is 0.410 e. The van der Waals surface area contributed by atoms with Gasteiger partial charge in [0, 0.05) is 26.7 Å². The molecule has 1 fully saturated rings. The van der Waals surface area contributed by atoms with Crippen LogP contribution in [0.3, 0.4) is 0 Å². The molecule has 1 heterocycles. The van der Waals surface area contributed by atoms with E-state index in [2.05, 4.69) is 4.90 Å². The lowest BCUT2D eigenvalue weighted by molar-refractivity contribution is 0.0249. The lowest BCUT2D eigenvalue weighted by Crippen LogP contribution is -2.41. The third-order valence-corrected chi connectivity index (χ3v) is 3.58. The first-order chi connectivity index (χ1) is 9.31. The van der Waals surface area contributed by atoms with Gasteiger partial charge in [0.25, 0.3) is 0 Å². The summed E-state index contributed by atoms with van der Waals surface area (Å²) in [5.41, 5.74) is -0.432. The summed E-state index contributed by atoms with van der Waals surface area (Å²) in [7, 11) is 1.81. The lowest BCUT2D eigenvalue weighted by Gasteiger charge is -2.34. The highest BCUT2D eigenvalue weighted by Gasteiger charge is 2.24. The van der Waals surface area contributed by atoms with Gasteiger partial charge in [0.2, 0.25) is 0 Å². The molecule has 0 aromatic rings. The van der Waals surface area contributed by atoms with Crippen LogP contribution in [0.15, 0.2) is 0 Å². The van der Waals surface area contributed by atoms with Gasteiger partial charge in [-0.05, 0) is 59.0 Å². The van der Waals surface area contributed by atoms with Crippen molar-refractivity contribution in [3.63, 3.8) is 0 Å². The number of nitrogens with zero attached hydrogens (tertiary/aromatic N) is 2. The highest BCUT2D eigenvalue weighted by molar-refractivity contribution is 5.67. The zero-order valence-electron chi connectivity index (χ0n) is 13.4. The second-order valence-electron chi connectivity index (χ2n) is 6.72. The number of likely N-dealkylation sites (tertiary alicyclic amines) is 1. The van der Waals surface area contributed by atoms with Crippen molar-refractivity contribution in [3.8, 4) is 0 Å². The molecule has 0 spiro atoms. The van der Waals surface area contributed by atoms with Crippen LogP contribution in [0.4, 0.5) is 4.79 Å². The number of rotatable bonds is 5. The molecule has 20 heavy (non-hydrogen) atoms. The van der Waals surface area contributed by atoms with E-state index in [1.807, 2.05) is 27.8 Å². The van der Waals surface area contributed by atoms with Crippen LogP contribution >= 0.6 is 0 Å². The predicted molar refractivity (Wildman–Crippen MR) is 79.7 cm³/mol. The highest BCUT2D eigenvalue weighted by atomic mass is 16.6. The van der Waals surface area contributed by atoms with Gasteiger partial charge in [-0.2, -0.15) is 0 Å². The molecule has 0 atom stereocenters. The van der Waals surface area contributed by atoms with Gasteiger partial charge in [-0.25, -0.2) is 4.79 Å². The zero-order valence-corrected chi connectivity index (χ0v) is 13.4. The molecule has 1 amide bonds. The Labute approximate surface area is 122 Å². The summed E-state index contributed by atoms with van der Waals surface area (Å²) in [5, 5.41) is 8.84. The van der Waals surface area contributed by atoms with Gasteiger partial charge in [0.1, 0.15) is 5.60 Å². The molecule has 1 rings (SSSR count). The van der Waals surface area contributed by atoms with Crippen molar-refractivity contribution in [1.82, 2.24) is 9.80 Å². The molecule has 0 aromatic heterocycles. The minimum atomic E-state index is -0.432. The summed E-state index contributed by atoms with van der Waals surface area (Å²) in [5.74, 6) is 0.554. The summed E-state index contributed by atoms with van der Waals surface area (Å²) >= 11 is 0. The van der Waals surface area contributed by atoms with Gasteiger partial charge in [-0.15, -0.1) is 0 Å². The molecule has 1 saturated heterocycles. The van der Waals surface area contributed by atoms with Gasteiger partial charge < -0.3 is 19.6 Å². The number of aliphatic hydroxyl groups excluding tert-OH is 1. The van der Waals surface area contributed by atoms with Crippen molar-refractivity contribution in [2.45, 2.75) is 45.6 Å². The average Bonchev–Trinajstić information content (AvgIpc) is 2.36. The summed E-state index contributed by atoms with van der Waals surface area (Å²) in [6, 6.07) is 0. The SMILES string of the molecule is CN(CC1CCN(CCCO)CC1)C(=O)OC(C)(C)C. The second-order valence-corrected chi connectivity index (χ2v) is 6.72. The van der Waals surface area contributed by atoms with Crippen LogP contribution < -0.4 is 0 Å². The van der Waals surface area contributed by atoms with Crippen LogP contribution in [0.2, 0.25) is 0 Å². The molecule has 0 unspecified atom stereocenters. The number of piperidine rings is 1. The van der Waals surface area contributed by atoms with Gasteiger partial charge in [-0.3, -0.25) is 0 Å². The van der Waals surface area contributed by atoms with Crippen molar-refractivity contribution in [2.75, 3.05) is 39.8 Å². The van der Waals surface area contributed by atoms with Gasteiger partial charge >= 0.3 is 6.09 Å². The molecule has 0 saturated carbocycles. The molecule has 118 valence electrons. The van der Waals surface area contributed by atoms with Crippen molar-refractivity contribution in [3.05, 3.63) is 0 Å². The minimum absolute atomic E-state index is 0.236. The fourth-order valence-corrected chi connectivity index (χ4v) is 2.49. The topological polar surface area (TPSA) is 53.0 Å². The zero-order chi connectivity index (χ0) is 15.2. The van der Waals surface area contributed by atoms with Crippen LogP contribution in [-0.4, -0.2) is 66.4 Å². The Morgan fingerprint density at radius 1 is 1.35 bits per heavy atom. The Balaban J connectivity index is 2.27. The number of hydrogen-bond acceptors (Lipinski definition) is 4. The van der Waals surface area contributed by atoms with Gasteiger partial charge in [0.05, 0.1) is 0 Å². The Morgan fingerprint density at radius 2 is 1.95 bits per heavy atom. The van der Waals surface area contributed by atoms with E-state index in [0.29, 0.717) is 5.92 Å². The van der Waals surface area contributed by atoms with Crippen LogP contribution in [0, 0.1) is 5.92 Å². The van der Waals surface area contributed by atoms with Crippen LogP contribution in [-0.2, 0) is 4.74 Å². The Kier molecular flexibility index (Phi) is 6.76. The number of carbonyl (C=O) groups excluding carboxylic acids is 1. The van der Waals surface area contributed by atoms with E-state index in [0.717, 1.165) is 45.4 Å². The molecule has 0 bridgehead atoms. The Morgan fingerprint density at radius 3 is 2.45 bits per heavy atom. The van der Waals surface area contributed by atoms with E-state index < -0.39 is 5.60 Å². The van der Waals surface area contributed by atoms with E-state index >= 15 is 0 Å². The normalized spacial score (nSPS) is 18.1. The Hall–Kier alpha value is -0.810. The van der Waals surface area contributed by atoms with E-state index in [-0.39, 0.29) is 12.7 Å². The van der Waals surface area contributed by atoms with E-state index in [9.17, 15) is 4.79 Å². The first kappa shape index (κ1) is 17.2. The number of ether oxygens (including phenoxy) is 1. The predicted octanol–water partition coefficient (Wildman–Crippen LogP) is 1.95. The highest BCUT2D eigenvalue weighted by Crippen LogP contribution is 2.19. The molecule has 0 radical (unpaired) electrons. The first-order valence-electron chi connectivity index (χ1n) is 7.59. The maximum absolute atomic E-state index is 11.9. The summed E-state index contributed by atoms with van der Waals surface area (Å²) in [6.45, 7) is 9.80. The number of amides is 1. The second kappa shape index (κ2) is 7.84. The average molecular weight is 286 g/mol. The van der Waals surface area contributed by atoms with E-state index in [1.54, 1.807) is 4.90 Å². The maximum atomic E-state index is 11.9. The van der Waals surface area contributed by atoms with Crippen molar-refractivity contribution >= 4 is 6.09 Å². The van der Waals surface area contributed by atoms with Crippen LogP contribution in [0.5, 0.6) is 0 Å². The van der Waals surface area contributed by atoms with Crippen LogP contribution in [0.25, 0.3) is 0 Å². The van der Waals surface area contributed by atoms with Crippen molar-refractivity contribution in [1.29, 1.82) is 0 Å². The minimum Gasteiger partial charge on any atom is -0.444 e. The fourth-order valence-electron chi connectivity index (χ4n) is 2.49. The number of aliphatic hydroxyl groups is 1.